The van der Waals surface area contributed by atoms with Gasteiger partial charge in [0, 0.05) is 26.1 Å². The summed E-state index contributed by atoms with van der Waals surface area (Å²) in [6.07, 6.45) is 10.3. The van der Waals surface area contributed by atoms with E-state index in [0.717, 1.165) is 12.3 Å². The number of hydrazone groups is 1. The smallest absolute Gasteiger partial charge is 0.273 e. The molecule has 0 atom stereocenters. The molecule has 6 heteroatoms. The molecule has 0 saturated heterocycles. The summed E-state index contributed by atoms with van der Waals surface area (Å²) < 4.78 is 0. The average Bonchev–Trinajstić information content (AvgIpc) is 2.60. The first kappa shape index (κ1) is 16.6. The molecule has 0 radical (unpaired) electrons. The Kier molecular flexibility index (Phi) is 5.23. The molecule has 1 aromatic rings. The van der Waals surface area contributed by atoms with Crippen LogP contribution in [0.1, 0.15) is 50.5 Å². The summed E-state index contributed by atoms with van der Waals surface area (Å²) in [5.41, 5.74) is 1.59. The molecule has 2 aliphatic rings. The maximum Gasteiger partial charge on any atom is 0.273 e. The summed E-state index contributed by atoms with van der Waals surface area (Å²) in [7, 11) is 1.56. The van der Waals surface area contributed by atoms with E-state index in [1.165, 1.54) is 42.7 Å². The molecule has 128 valence electrons. The normalized spacial score (nSPS) is 19.1. The minimum Gasteiger partial charge on any atom is -0.305 e. The summed E-state index contributed by atoms with van der Waals surface area (Å²) >= 11 is 0. The monoisotopic (exact) mass is 328 g/mol. The zero-order valence-electron chi connectivity index (χ0n) is 14.1. The number of nitrogens with zero attached hydrogens (tertiary/aromatic N) is 3. The predicted molar refractivity (Wildman–Crippen MR) is 92.6 cm³/mol. The van der Waals surface area contributed by atoms with Gasteiger partial charge in [0.2, 0.25) is 5.91 Å². The first-order valence-corrected chi connectivity index (χ1v) is 8.72. The molecule has 1 aromatic heterocycles. The highest BCUT2D eigenvalue weighted by atomic mass is 16.2. The van der Waals surface area contributed by atoms with Gasteiger partial charge in [0.25, 0.3) is 5.91 Å². The van der Waals surface area contributed by atoms with Crippen molar-refractivity contribution in [3.8, 4) is 0 Å². The van der Waals surface area contributed by atoms with Crippen LogP contribution in [0, 0.1) is 5.92 Å². The van der Waals surface area contributed by atoms with Crippen molar-refractivity contribution in [1.29, 1.82) is 0 Å². The van der Waals surface area contributed by atoms with Crippen molar-refractivity contribution < 1.29 is 9.59 Å². The summed E-state index contributed by atoms with van der Waals surface area (Å²) in [4.78, 5) is 27.9. The molecule has 3 rings (SSSR count). The molecule has 24 heavy (non-hydrogen) atoms. The molecule has 0 spiro atoms. The van der Waals surface area contributed by atoms with Crippen molar-refractivity contribution in [3.63, 3.8) is 0 Å². The van der Waals surface area contributed by atoms with Gasteiger partial charge in [0.1, 0.15) is 11.5 Å². The topological polar surface area (TPSA) is 74.7 Å². The molecule has 1 saturated carbocycles. The lowest BCUT2D eigenvalue weighted by Crippen LogP contribution is -2.34. The van der Waals surface area contributed by atoms with Crippen LogP contribution in [0.25, 0.3) is 0 Å². The first-order valence-electron chi connectivity index (χ1n) is 8.72. The summed E-state index contributed by atoms with van der Waals surface area (Å²) in [6.45, 7) is 0. The second kappa shape index (κ2) is 7.55. The lowest BCUT2D eigenvalue weighted by molar-refractivity contribution is -0.130. The number of rotatable bonds is 4. The molecule has 0 bridgehead atoms. The molecule has 2 heterocycles. The molecule has 2 amide bonds. The maximum atomic E-state index is 12.2. The van der Waals surface area contributed by atoms with E-state index in [2.05, 4.69) is 15.4 Å². The van der Waals surface area contributed by atoms with Gasteiger partial charge in [0.05, 0.1) is 0 Å². The van der Waals surface area contributed by atoms with Crippen molar-refractivity contribution >= 4 is 23.3 Å². The van der Waals surface area contributed by atoms with E-state index < -0.39 is 0 Å². The third-order valence-corrected chi connectivity index (χ3v) is 4.78. The van der Waals surface area contributed by atoms with Crippen LogP contribution in [0.2, 0.25) is 0 Å². The molecular weight excluding hydrogens is 304 g/mol. The van der Waals surface area contributed by atoms with E-state index in [9.17, 15) is 9.59 Å². The number of pyridine rings is 1. The van der Waals surface area contributed by atoms with Crippen LogP contribution in [0.3, 0.4) is 0 Å². The van der Waals surface area contributed by atoms with E-state index >= 15 is 0 Å². The minimum atomic E-state index is -0.290. The van der Waals surface area contributed by atoms with Crippen molar-refractivity contribution in [1.82, 2.24) is 9.99 Å². The van der Waals surface area contributed by atoms with Gasteiger partial charge in [-0.15, -0.1) is 0 Å². The zero-order valence-corrected chi connectivity index (χ0v) is 14.1. The fourth-order valence-corrected chi connectivity index (χ4v) is 3.37. The Morgan fingerprint density at radius 2 is 2.04 bits per heavy atom. The highest BCUT2D eigenvalue weighted by molar-refractivity contribution is 6.43. The summed E-state index contributed by atoms with van der Waals surface area (Å²) in [5.74, 6) is 0.930. The van der Waals surface area contributed by atoms with E-state index in [-0.39, 0.29) is 11.8 Å². The zero-order chi connectivity index (χ0) is 16.9. The summed E-state index contributed by atoms with van der Waals surface area (Å²) in [5, 5.41) is 8.00. The first-order chi connectivity index (χ1) is 11.6. The largest absolute Gasteiger partial charge is 0.305 e. The fourth-order valence-electron chi connectivity index (χ4n) is 3.37. The fraction of sp³-hybridized carbons (Fsp3) is 0.556. The maximum absolute atomic E-state index is 12.2. The Balaban J connectivity index is 1.56. The third kappa shape index (κ3) is 4.19. The van der Waals surface area contributed by atoms with Gasteiger partial charge in [-0.3, -0.25) is 9.59 Å². The number of hydrogen-bond acceptors (Lipinski definition) is 4. The van der Waals surface area contributed by atoms with Crippen molar-refractivity contribution in [2.45, 2.75) is 51.4 Å². The number of hydrogen-bond donors (Lipinski definition) is 1. The standard InChI is InChI=1S/C18H24N4O2/c1-22-17(23)10-8-15(21-22)18(24)20-16-9-7-14(12-19-16)11-13-5-3-2-4-6-13/h7,9,12-13H,2-6,8,10-11H2,1H3,(H,19,20,24). The second-order valence-corrected chi connectivity index (χ2v) is 6.68. The molecule has 1 aliphatic heterocycles. The Morgan fingerprint density at radius 1 is 1.25 bits per heavy atom. The third-order valence-electron chi connectivity index (χ3n) is 4.78. The van der Waals surface area contributed by atoms with Crippen LogP contribution >= 0.6 is 0 Å². The predicted octanol–water partition coefficient (Wildman–Crippen LogP) is 2.75. The quantitative estimate of drug-likeness (QED) is 0.923. The molecule has 0 unspecified atom stereocenters. The average molecular weight is 328 g/mol. The van der Waals surface area contributed by atoms with Gasteiger partial charge >= 0.3 is 0 Å². The van der Waals surface area contributed by atoms with Gasteiger partial charge in [-0.1, -0.05) is 38.2 Å². The van der Waals surface area contributed by atoms with Gasteiger partial charge in [0.15, 0.2) is 0 Å². The summed E-state index contributed by atoms with van der Waals surface area (Å²) in [6, 6.07) is 3.88. The molecule has 1 N–H and O–H groups in total. The highest BCUT2D eigenvalue weighted by Gasteiger charge is 2.22. The van der Waals surface area contributed by atoms with E-state index in [0.29, 0.717) is 24.4 Å². The molecular formula is C18H24N4O2. The lowest BCUT2D eigenvalue weighted by atomic mass is 9.85. The SMILES string of the molecule is CN1N=C(C(=O)Nc2ccc(CC3CCCCC3)cn2)CCC1=O. The Bertz CT molecular complexity index is 633. The number of nitrogens with one attached hydrogen (secondary N) is 1. The van der Waals surface area contributed by atoms with Gasteiger partial charge < -0.3 is 5.32 Å². The number of aromatic nitrogens is 1. The van der Waals surface area contributed by atoms with Gasteiger partial charge in [-0.05, 0) is 24.0 Å². The minimum absolute atomic E-state index is 0.0725. The lowest BCUT2D eigenvalue weighted by Gasteiger charge is -2.21. The number of anilines is 1. The van der Waals surface area contributed by atoms with Crippen molar-refractivity contribution in [2.24, 2.45) is 11.0 Å². The number of amides is 2. The Hall–Kier alpha value is -2.24. The van der Waals surface area contributed by atoms with Gasteiger partial charge in [-0.25, -0.2) is 9.99 Å². The second-order valence-electron chi connectivity index (χ2n) is 6.68. The van der Waals surface area contributed by atoms with Gasteiger partial charge in [-0.2, -0.15) is 5.10 Å². The molecule has 0 aromatic carbocycles. The van der Waals surface area contributed by atoms with E-state index in [1.54, 1.807) is 7.05 Å². The number of carbonyl (C=O) groups is 2. The molecule has 1 fully saturated rings. The van der Waals surface area contributed by atoms with Crippen LogP contribution in [0.5, 0.6) is 0 Å². The molecule has 1 aliphatic carbocycles. The highest BCUT2D eigenvalue weighted by Crippen LogP contribution is 2.26. The van der Waals surface area contributed by atoms with E-state index in [1.807, 2.05) is 18.3 Å². The number of carbonyl (C=O) groups excluding carboxylic acids is 2. The van der Waals surface area contributed by atoms with Crippen molar-refractivity contribution in [2.75, 3.05) is 12.4 Å². The Morgan fingerprint density at radius 3 is 2.71 bits per heavy atom. The van der Waals surface area contributed by atoms with Crippen LogP contribution in [0.15, 0.2) is 23.4 Å². The van der Waals surface area contributed by atoms with Crippen LogP contribution in [0.4, 0.5) is 5.82 Å². The van der Waals surface area contributed by atoms with Crippen LogP contribution in [-0.4, -0.2) is 34.6 Å². The van der Waals surface area contributed by atoms with E-state index in [4.69, 9.17) is 0 Å². The van der Waals surface area contributed by atoms with Crippen molar-refractivity contribution in [3.05, 3.63) is 23.9 Å². The Labute approximate surface area is 142 Å². The van der Waals surface area contributed by atoms with Crippen LogP contribution in [-0.2, 0) is 16.0 Å². The van der Waals surface area contributed by atoms with Crippen LogP contribution < -0.4 is 5.32 Å². The molecule has 6 nitrogen and oxygen atoms in total.